The van der Waals surface area contributed by atoms with Gasteiger partial charge < -0.3 is 10.1 Å². The second-order valence-corrected chi connectivity index (χ2v) is 3.10. The summed E-state index contributed by atoms with van der Waals surface area (Å²) in [5.74, 6) is -0.820. The van der Waals surface area contributed by atoms with Crippen molar-refractivity contribution in [2.75, 3.05) is 14.1 Å². The van der Waals surface area contributed by atoms with Gasteiger partial charge in [0.1, 0.15) is 6.04 Å². The molecule has 80 valence electrons. The van der Waals surface area contributed by atoms with E-state index in [1.165, 1.54) is 0 Å². The Morgan fingerprint density at radius 1 is 1.71 bits per heavy atom. The summed E-state index contributed by atoms with van der Waals surface area (Å²) >= 11 is 0. The van der Waals surface area contributed by atoms with Crippen molar-refractivity contribution in [2.45, 2.75) is 12.5 Å². The molecule has 0 aliphatic rings. The minimum Gasteiger partial charge on any atom is -0.480 e. The third kappa shape index (κ3) is 3.35. The molecule has 0 amide bonds. The van der Waals surface area contributed by atoms with Crippen molar-refractivity contribution >= 4 is 18.4 Å². The molecular formula is C8H14ClN3O2. The van der Waals surface area contributed by atoms with Crippen molar-refractivity contribution < 1.29 is 9.90 Å². The molecule has 0 spiro atoms. The van der Waals surface area contributed by atoms with E-state index in [-0.39, 0.29) is 12.4 Å². The maximum absolute atomic E-state index is 10.8. The highest BCUT2D eigenvalue weighted by molar-refractivity contribution is 5.85. The molecular weight excluding hydrogens is 206 g/mol. The van der Waals surface area contributed by atoms with Gasteiger partial charge in [0.15, 0.2) is 0 Å². The number of carboxylic acids is 1. The number of likely N-dealkylation sites (N-methyl/N-ethyl adjacent to an activating group) is 1. The first-order chi connectivity index (χ1) is 6.11. The number of hydrogen-bond donors (Lipinski definition) is 2. The van der Waals surface area contributed by atoms with Gasteiger partial charge in [-0.3, -0.25) is 9.69 Å². The van der Waals surface area contributed by atoms with Crippen LogP contribution in [0.5, 0.6) is 0 Å². The molecule has 0 saturated heterocycles. The van der Waals surface area contributed by atoms with Gasteiger partial charge in [-0.2, -0.15) is 0 Å². The number of H-pyrrole nitrogens is 1. The number of nitrogens with one attached hydrogen (secondary N) is 1. The molecule has 0 saturated carbocycles. The molecule has 1 heterocycles. The highest BCUT2D eigenvalue weighted by Gasteiger charge is 2.20. The van der Waals surface area contributed by atoms with Crippen LogP contribution in [-0.4, -0.2) is 46.1 Å². The lowest BCUT2D eigenvalue weighted by Gasteiger charge is -2.18. The Morgan fingerprint density at radius 3 is 2.71 bits per heavy atom. The van der Waals surface area contributed by atoms with Crippen molar-refractivity contribution in [1.82, 2.24) is 14.9 Å². The lowest BCUT2D eigenvalue weighted by Crippen LogP contribution is -2.37. The molecule has 6 heteroatoms. The van der Waals surface area contributed by atoms with Crippen molar-refractivity contribution in [3.63, 3.8) is 0 Å². The Balaban J connectivity index is 0.00000169. The fourth-order valence-electron chi connectivity index (χ4n) is 1.10. The predicted octanol–water partition coefficient (Wildman–Crippen LogP) is 0.389. The molecule has 0 radical (unpaired) electrons. The van der Waals surface area contributed by atoms with E-state index in [9.17, 15) is 4.79 Å². The summed E-state index contributed by atoms with van der Waals surface area (Å²) in [6, 6.07) is -0.500. The fraction of sp³-hybridized carbons (Fsp3) is 0.500. The number of aliphatic carboxylic acids is 1. The average Bonchev–Trinajstić information content (AvgIpc) is 2.50. The van der Waals surface area contributed by atoms with Crippen LogP contribution in [0.3, 0.4) is 0 Å². The summed E-state index contributed by atoms with van der Waals surface area (Å²) in [6.45, 7) is 0. The van der Waals surface area contributed by atoms with Crippen LogP contribution in [0.1, 0.15) is 5.69 Å². The Kier molecular flexibility index (Phi) is 5.19. The summed E-state index contributed by atoms with van der Waals surface area (Å²) in [5, 5.41) is 8.87. The molecule has 1 atom stereocenters. The zero-order chi connectivity index (χ0) is 9.84. The first-order valence-corrected chi connectivity index (χ1v) is 3.97. The minimum absolute atomic E-state index is 0. The summed E-state index contributed by atoms with van der Waals surface area (Å²) < 4.78 is 0. The van der Waals surface area contributed by atoms with E-state index < -0.39 is 12.0 Å². The van der Waals surface area contributed by atoms with Crippen LogP contribution >= 0.6 is 12.4 Å². The largest absolute Gasteiger partial charge is 0.480 e. The van der Waals surface area contributed by atoms with E-state index in [1.54, 1.807) is 31.5 Å². The molecule has 1 rings (SSSR count). The number of halogens is 1. The highest BCUT2D eigenvalue weighted by atomic mass is 35.5. The number of carboxylic acid groups (broad SMARTS) is 1. The second-order valence-electron chi connectivity index (χ2n) is 3.10. The third-order valence-electron chi connectivity index (χ3n) is 1.88. The van der Waals surface area contributed by atoms with Gasteiger partial charge in [-0.05, 0) is 14.1 Å². The second kappa shape index (κ2) is 5.62. The lowest BCUT2D eigenvalue weighted by molar-refractivity contribution is -0.142. The van der Waals surface area contributed by atoms with Crippen LogP contribution in [0.25, 0.3) is 0 Å². The predicted molar refractivity (Wildman–Crippen MR) is 54.7 cm³/mol. The van der Waals surface area contributed by atoms with Crippen LogP contribution in [0, 0.1) is 0 Å². The van der Waals surface area contributed by atoms with Gasteiger partial charge in [0.25, 0.3) is 0 Å². The number of carbonyl (C=O) groups is 1. The summed E-state index contributed by atoms with van der Waals surface area (Å²) in [6.07, 6.45) is 3.63. The Hall–Kier alpha value is -1.07. The van der Waals surface area contributed by atoms with Gasteiger partial charge >= 0.3 is 5.97 Å². The van der Waals surface area contributed by atoms with Crippen molar-refractivity contribution in [3.05, 3.63) is 18.2 Å². The smallest absolute Gasteiger partial charge is 0.321 e. The molecule has 14 heavy (non-hydrogen) atoms. The maximum atomic E-state index is 10.8. The Labute approximate surface area is 88.6 Å². The standard InChI is InChI=1S/C8H13N3O2.ClH/c1-11(2)7(8(12)13)3-6-4-9-5-10-6;/h4-5,7H,3H2,1-2H3,(H,9,10)(H,12,13);1H/t7-;/m0./s1. The normalized spacial score (nSPS) is 12.2. The first-order valence-electron chi connectivity index (χ1n) is 3.97. The van der Waals surface area contributed by atoms with Crippen molar-refractivity contribution in [2.24, 2.45) is 0 Å². The number of imidazole rings is 1. The van der Waals surface area contributed by atoms with Crippen molar-refractivity contribution in [3.8, 4) is 0 Å². The SMILES string of the molecule is CN(C)[C@@H](Cc1cnc[nH]1)C(=O)O.Cl. The summed E-state index contributed by atoms with van der Waals surface area (Å²) in [7, 11) is 3.49. The van der Waals surface area contributed by atoms with E-state index in [0.29, 0.717) is 6.42 Å². The Bertz CT molecular complexity index is 274. The molecule has 1 aromatic rings. The number of rotatable bonds is 4. The van der Waals surface area contributed by atoms with E-state index >= 15 is 0 Å². The van der Waals surface area contributed by atoms with Gasteiger partial charge in [-0.1, -0.05) is 0 Å². The zero-order valence-electron chi connectivity index (χ0n) is 8.10. The Morgan fingerprint density at radius 2 is 2.36 bits per heavy atom. The minimum atomic E-state index is -0.820. The van der Waals surface area contributed by atoms with Crippen LogP contribution in [0.15, 0.2) is 12.5 Å². The van der Waals surface area contributed by atoms with E-state index in [0.717, 1.165) is 5.69 Å². The first kappa shape index (κ1) is 12.9. The van der Waals surface area contributed by atoms with Gasteiger partial charge in [0.05, 0.1) is 6.33 Å². The topological polar surface area (TPSA) is 69.2 Å². The summed E-state index contributed by atoms with van der Waals surface area (Å²) in [5.41, 5.74) is 0.834. The number of nitrogens with zero attached hydrogens (tertiary/aromatic N) is 2. The number of hydrogen-bond acceptors (Lipinski definition) is 3. The van der Waals surface area contributed by atoms with Gasteiger partial charge in [0, 0.05) is 18.3 Å². The van der Waals surface area contributed by atoms with Gasteiger partial charge in [-0.25, -0.2) is 4.98 Å². The quantitative estimate of drug-likeness (QED) is 0.769. The van der Waals surface area contributed by atoms with Gasteiger partial charge in [0.2, 0.25) is 0 Å². The monoisotopic (exact) mass is 219 g/mol. The molecule has 0 fully saturated rings. The average molecular weight is 220 g/mol. The van der Waals surface area contributed by atoms with Crippen LogP contribution in [0.2, 0.25) is 0 Å². The van der Waals surface area contributed by atoms with Gasteiger partial charge in [-0.15, -0.1) is 12.4 Å². The lowest BCUT2D eigenvalue weighted by atomic mass is 10.1. The van der Waals surface area contributed by atoms with E-state index in [4.69, 9.17) is 5.11 Å². The third-order valence-corrected chi connectivity index (χ3v) is 1.88. The number of aromatic nitrogens is 2. The molecule has 0 bridgehead atoms. The van der Waals surface area contributed by atoms with E-state index in [2.05, 4.69) is 9.97 Å². The molecule has 0 aromatic carbocycles. The molecule has 0 aliphatic heterocycles. The molecule has 0 unspecified atom stereocenters. The molecule has 2 N–H and O–H groups in total. The molecule has 1 aromatic heterocycles. The zero-order valence-corrected chi connectivity index (χ0v) is 8.91. The van der Waals surface area contributed by atoms with Crippen LogP contribution in [-0.2, 0) is 11.2 Å². The van der Waals surface area contributed by atoms with Crippen molar-refractivity contribution in [1.29, 1.82) is 0 Å². The molecule has 0 aliphatic carbocycles. The van der Waals surface area contributed by atoms with Crippen LogP contribution < -0.4 is 0 Å². The maximum Gasteiger partial charge on any atom is 0.321 e. The number of aromatic amines is 1. The summed E-state index contributed by atoms with van der Waals surface area (Å²) in [4.78, 5) is 19.2. The molecule has 5 nitrogen and oxygen atoms in total. The van der Waals surface area contributed by atoms with E-state index in [1.807, 2.05) is 0 Å². The fourth-order valence-corrected chi connectivity index (χ4v) is 1.10. The van der Waals surface area contributed by atoms with Crippen LogP contribution in [0.4, 0.5) is 0 Å². The highest BCUT2D eigenvalue weighted by Crippen LogP contribution is 2.03.